The van der Waals surface area contributed by atoms with Crippen LogP contribution >= 0.6 is 0 Å². The van der Waals surface area contributed by atoms with Crippen LogP contribution in [0.4, 0.5) is 11.5 Å². The molecule has 0 aliphatic heterocycles. The van der Waals surface area contributed by atoms with Gasteiger partial charge in [0.1, 0.15) is 5.82 Å². The number of aryl methyl sites for hydroxylation is 1. The SMILES string of the molecule is Cc1ccc(C(C)(C)C)cc1N(CC(C)(C)C)c1ccc(C(=O)O)cn1. The maximum atomic E-state index is 11.1. The normalized spacial score (nSPS) is 12.1. The molecule has 0 fully saturated rings. The molecule has 1 aromatic carbocycles. The Hall–Kier alpha value is -2.36. The van der Waals surface area contributed by atoms with E-state index in [1.807, 2.05) is 0 Å². The second-order valence-corrected chi connectivity index (χ2v) is 9.11. The second kappa shape index (κ2) is 7.10. The van der Waals surface area contributed by atoms with Gasteiger partial charge in [0, 0.05) is 18.4 Å². The lowest BCUT2D eigenvalue weighted by Crippen LogP contribution is -2.30. The van der Waals surface area contributed by atoms with Crippen LogP contribution in [0, 0.1) is 12.3 Å². The first-order chi connectivity index (χ1) is 11.9. The molecular formula is C22H30N2O2. The predicted molar refractivity (Wildman–Crippen MR) is 108 cm³/mol. The lowest BCUT2D eigenvalue weighted by molar-refractivity contribution is 0.0696. The number of hydrogen-bond donors (Lipinski definition) is 1. The molecule has 0 aliphatic rings. The summed E-state index contributed by atoms with van der Waals surface area (Å²) in [4.78, 5) is 17.8. The molecule has 1 aromatic heterocycles. The lowest BCUT2D eigenvalue weighted by atomic mass is 9.86. The summed E-state index contributed by atoms with van der Waals surface area (Å²) in [6, 6.07) is 9.96. The fourth-order valence-corrected chi connectivity index (χ4v) is 2.80. The van der Waals surface area contributed by atoms with E-state index in [0.717, 1.165) is 18.1 Å². The summed E-state index contributed by atoms with van der Waals surface area (Å²) in [6.07, 6.45) is 1.43. The largest absolute Gasteiger partial charge is 0.478 e. The number of pyridine rings is 1. The molecule has 0 spiro atoms. The Bertz CT molecular complexity index is 781. The van der Waals surface area contributed by atoms with Crippen LogP contribution in [0.2, 0.25) is 0 Å². The number of hydrogen-bond acceptors (Lipinski definition) is 3. The Balaban J connectivity index is 2.57. The monoisotopic (exact) mass is 354 g/mol. The first kappa shape index (κ1) is 20.0. The molecule has 0 unspecified atom stereocenters. The molecule has 4 nitrogen and oxygen atoms in total. The standard InChI is InChI=1S/C22H30N2O2/c1-15-8-10-17(22(5,6)7)12-18(15)24(14-21(2,3)4)19-11-9-16(13-23-19)20(25)26/h8-13H,14H2,1-7H3,(H,25,26). The number of aromatic nitrogens is 1. The van der Waals surface area contributed by atoms with E-state index in [1.54, 1.807) is 12.1 Å². The van der Waals surface area contributed by atoms with Gasteiger partial charge < -0.3 is 10.0 Å². The van der Waals surface area contributed by atoms with Crippen LogP contribution in [-0.4, -0.2) is 22.6 Å². The van der Waals surface area contributed by atoms with Crippen LogP contribution in [0.5, 0.6) is 0 Å². The molecule has 0 atom stereocenters. The molecule has 0 saturated carbocycles. The zero-order valence-electron chi connectivity index (χ0n) is 16.9. The minimum Gasteiger partial charge on any atom is -0.478 e. The quantitative estimate of drug-likeness (QED) is 0.780. The van der Waals surface area contributed by atoms with Gasteiger partial charge in [-0.15, -0.1) is 0 Å². The van der Waals surface area contributed by atoms with E-state index in [1.165, 1.54) is 17.3 Å². The van der Waals surface area contributed by atoms with Crippen LogP contribution in [0.25, 0.3) is 0 Å². The molecule has 140 valence electrons. The molecule has 4 heteroatoms. The van der Waals surface area contributed by atoms with Crippen molar-refractivity contribution in [3.05, 3.63) is 53.2 Å². The molecule has 1 heterocycles. The van der Waals surface area contributed by atoms with Crippen LogP contribution in [0.3, 0.4) is 0 Å². The van der Waals surface area contributed by atoms with Crippen molar-refractivity contribution >= 4 is 17.5 Å². The third kappa shape index (κ3) is 4.84. The highest BCUT2D eigenvalue weighted by Gasteiger charge is 2.23. The smallest absolute Gasteiger partial charge is 0.337 e. The average molecular weight is 354 g/mol. The summed E-state index contributed by atoms with van der Waals surface area (Å²) in [6.45, 7) is 16.1. The Morgan fingerprint density at radius 2 is 1.73 bits per heavy atom. The molecule has 0 radical (unpaired) electrons. The number of carboxylic acids is 1. The molecule has 0 saturated heterocycles. The van der Waals surface area contributed by atoms with Gasteiger partial charge in [-0.1, -0.05) is 53.7 Å². The summed E-state index contributed by atoms with van der Waals surface area (Å²) in [7, 11) is 0. The average Bonchev–Trinajstić information content (AvgIpc) is 2.51. The highest BCUT2D eigenvalue weighted by atomic mass is 16.4. The maximum Gasteiger partial charge on any atom is 0.337 e. The van der Waals surface area contributed by atoms with E-state index in [4.69, 9.17) is 5.11 Å². The van der Waals surface area contributed by atoms with Crippen molar-refractivity contribution in [3.63, 3.8) is 0 Å². The Morgan fingerprint density at radius 1 is 1.08 bits per heavy atom. The van der Waals surface area contributed by atoms with E-state index >= 15 is 0 Å². The highest BCUT2D eigenvalue weighted by molar-refractivity contribution is 5.87. The van der Waals surface area contributed by atoms with Crippen molar-refractivity contribution in [1.29, 1.82) is 0 Å². The molecule has 0 aliphatic carbocycles. The number of benzene rings is 1. The third-order valence-electron chi connectivity index (χ3n) is 4.27. The second-order valence-electron chi connectivity index (χ2n) is 9.11. The highest BCUT2D eigenvalue weighted by Crippen LogP contribution is 2.34. The summed E-state index contributed by atoms with van der Waals surface area (Å²) in [5.41, 5.74) is 3.85. The van der Waals surface area contributed by atoms with E-state index in [9.17, 15) is 4.79 Å². The van der Waals surface area contributed by atoms with E-state index in [2.05, 4.69) is 76.5 Å². The van der Waals surface area contributed by atoms with Crippen molar-refractivity contribution in [2.45, 2.75) is 53.9 Å². The van der Waals surface area contributed by atoms with Gasteiger partial charge >= 0.3 is 5.97 Å². The van der Waals surface area contributed by atoms with Gasteiger partial charge in [-0.2, -0.15) is 0 Å². The van der Waals surface area contributed by atoms with E-state index in [-0.39, 0.29) is 16.4 Å². The van der Waals surface area contributed by atoms with Crippen molar-refractivity contribution in [2.75, 3.05) is 11.4 Å². The van der Waals surface area contributed by atoms with Gasteiger partial charge in [-0.05, 0) is 47.1 Å². The lowest BCUT2D eigenvalue weighted by Gasteiger charge is -2.33. The molecule has 26 heavy (non-hydrogen) atoms. The zero-order chi connectivity index (χ0) is 19.7. The van der Waals surface area contributed by atoms with Crippen molar-refractivity contribution in [3.8, 4) is 0 Å². The number of carboxylic acid groups (broad SMARTS) is 1. The number of anilines is 2. The minimum atomic E-state index is -0.961. The topological polar surface area (TPSA) is 53.4 Å². The number of rotatable bonds is 4. The Labute approximate surface area is 156 Å². The Kier molecular flexibility index (Phi) is 5.45. The maximum absolute atomic E-state index is 11.1. The van der Waals surface area contributed by atoms with Gasteiger partial charge in [0.05, 0.1) is 5.56 Å². The number of carbonyl (C=O) groups is 1. The van der Waals surface area contributed by atoms with Gasteiger partial charge in [0.15, 0.2) is 0 Å². The molecule has 0 bridgehead atoms. The fourth-order valence-electron chi connectivity index (χ4n) is 2.80. The summed E-state index contributed by atoms with van der Waals surface area (Å²) >= 11 is 0. The van der Waals surface area contributed by atoms with Gasteiger partial charge in [-0.25, -0.2) is 9.78 Å². The van der Waals surface area contributed by atoms with Crippen LogP contribution in [0.15, 0.2) is 36.5 Å². The van der Waals surface area contributed by atoms with Gasteiger partial charge in [0.25, 0.3) is 0 Å². The summed E-state index contributed by atoms with van der Waals surface area (Å²) in [5, 5.41) is 9.13. The molecular weight excluding hydrogens is 324 g/mol. The predicted octanol–water partition coefficient (Wildman–Crippen LogP) is 5.57. The summed E-state index contributed by atoms with van der Waals surface area (Å²) < 4.78 is 0. The van der Waals surface area contributed by atoms with Gasteiger partial charge in [-0.3, -0.25) is 0 Å². The van der Waals surface area contributed by atoms with Crippen molar-refractivity contribution < 1.29 is 9.90 Å². The first-order valence-electron chi connectivity index (χ1n) is 8.96. The first-order valence-corrected chi connectivity index (χ1v) is 8.96. The summed E-state index contributed by atoms with van der Waals surface area (Å²) in [5.74, 6) is -0.198. The zero-order valence-corrected chi connectivity index (χ0v) is 16.9. The molecule has 0 amide bonds. The number of aromatic carboxylic acids is 1. The van der Waals surface area contributed by atoms with E-state index < -0.39 is 5.97 Å². The molecule has 2 aromatic rings. The number of nitrogens with zero attached hydrogens (tertiary/aromatic N) is 2. The van der Waals surface area contributed by atoms with E-state index in [0.29, 0.717) is 0 Å². The molecule has 2 rings (SSSR count). The van der Waals surface area contributed by atoms with Gasteiger partial charge in [0.2, 0.25) is 0 Å². The van der Waals surface area contributed by atoms with Crippen LogP contribution in [0.1, 0.15) is 63.0 Å². The minimum absolute atomic E-state index is 0.0520. The molecule has 1 N–H and O–H groups in total. The third-order valence-corrected chi connectivity index (χ3v) is 4.27. The van der Waals surface area contributed by atoms with Crippen LogP contribution < -0.4 is 4.90 Å². The van der Waals surface area contributed by atoms with Crippen molar-refractivity contribution in [1.82, 2.24) is 4.98 Å². The fraction of sp³-hybridized carbons (Fsp3) is 0.455. The van der Waals surface area contributed by atoms with Crippen LogP contribution in [-0.2, 0) is 5.41 Å². The Morgan fingerprint density at radius 3 is 2.19 bits per heavy atom. The van der Waals surface area contributed by atoms with Crippen molar-refractivity contribution in [2.24, 2.45) is 5.41 Å².